The molecule has 5 heteroatoms. The van der Waals surface area contributed by atoms with E-state index in [1.807, 2.05) is 18.2 Å². The molecule has 0 aliphatic heterocycles. The quantitative estimate of drug-likeness (QED) is 0.782. The molecule has 0 saturated heterocycles. The minimum Gasteiger partial charge on any atom is -0.383 e. The second kappa shape index (κ2) is 7.90. The van der Waals surface area contributed by atoms with Gasteiger partial charge in [-0.2, -0.15) is 0 Å². The van der Waals surface area contributed by atoms with E-state index < -0.39 is 0 Å². The van der Waals surface area contributed by atoms with Gasteiger partial charge >= 0.3 is 0 Å². The van der Waals surface area contributed by atoms with Crippen molar-refractivity contribution in [2.45, 2.75) is 26.3 Å². The van der Waals surface area contributed by atoms with E-state index in [9.17, 15) is 0 Å². The molecular formula is C16H21ClN2OS. The minimum absolute atomic E-state index is 0.0119. The summed E-state index contributed by atoms with van der Waals surface area (Å²) >= 11 is 8.10. The van der Waals surface area contributed by atoms with Crippen LogP contribution < -0.4 is 5.32 Å². The van der Waals surface area contributed by atoms with Crippen LogP contribution in [0, 0.1) is 6.92 Å². The number of nitrogens with one attached hydrogen (secondary N) is 1. The molecule has 1 unspecified atom stereocenters. The smallest absolute Gasteiger partial charge is 0.115 e. The predicted molar refractivity (Wildman–Crippen MR) is 89.4 cm³/mol. The Kier molecular flexibility index (Phi) is 6.18. The molecule has 1 aromatic carbocycles. The molecule has 0 fully saturated rings. The fourth-order valence-corrected chi connectivity index (χ4v) is 3.60. The normalized spacial score (nSPS) is 12.6. The van der Waals surface area contributed by atoms with Crippen molar-refractivity contribution in [3.8, 4) is 0 Å². The van der Waals surface area contributed by atoms with Crippen LogP contribution in [0.5, 0.6) is 0 Å². The molecule has 2 aromatic rings. The van der Waals surface area contributed by atoms with Crippen molar-refractivity contribution in [1.29, 1.82) is 0 Å². The number of rotatable bonds is 7. The van der Waals surface area contributed by atoms with Gasteiger partial charge in [-0.15, -0.1) is 11.3 Å². The van der Waals surface area contributed by atoms with Crippen molar-refractivity contribution in [3.63, 3.8) is 0 Å². The van der Waals surface area contributed by atoms with Crippen molar-refractivity contribution in [1.82, 2.24) is 10.3 Å². The predicted octanol–water partition coefficient (Wildman–Crippen LogP) is 3.99. The van der Waals surface area contributed by atoms with Gasteiger partial charge < -0.3 is 10.1 Å². The summed E-state index contributed by atoms with van der Waals surface area (Å²) in [5.41, 5.74) is 2.23. The fourth-order valence-electron chi connectivity index (χ4n) is 2.25. The zero-order chi connectivity index (χ0) is 15.2. The van der Waals surface area contributed by atoms with Gasteiger partial charge in [-0.1, -0.05) is 36.7 Å². The first kappa shape index (κ1) is 16.4. The third-order valence-electron chi connectivity index (χ3n) is 3.36. The molecule has 0 aliphatic rings. The van der Waals surface area contributed by atoms with Crippen LogP contribution in [0.2, 0.25) is 5.02 Å². The van der Waals surface area contributed by atoms with Crippen LogP contribution >= 0.6 is 22.9 Å². The van der Waals surface area contributed by atoms with E-state index >= 15 is 0 Å². The second-order valence-electron chi connectivity index (χ2n) is 4.81. The summed E-state index contributed by atoms with van der Waals surface area (Å²) in [6.07, 6.45) is 0.954. The van der Waals surface area contributed by atoms with Gasteiger partial charge in [0.1, 0.15) is 5.01 Å². The number of hydrogen-bond donors (Lipinski definition) is 1. The fraction of sp³-hybridized carbons (Fsp3) is 0.438. The highest BCUT2D eigenvalue weighted by molar-refractivity contribution is 7.11. The summed E-state index contributed by atoms with van der Waals surface area (Å²) in [6.45, 7) is 5.67. The Morgan fingerprint density at radius 3 is 2.76 bits per heavy atom. The SMILES string of the molecule is CCc1nc(C(NCCOC)c2ccccc2Cl)sc1C. The van der Waals surface area contributed by atoms with Crippen LogP contribution in [0.3, 0.4) is 0 Å². The molecule has 0 spiro atoms. The first-order valence-electron chi connectivity index (χ1n) is 7.10. The van der Waals surface area contributed by atoms with Gasteiger partial charge in [0.25, 0.3) is 0 Å². The number of aromatic nitrogens is 1. The lowest BCUT2D eigenvalue weighted by atomic mass is 10.1. The standard InChI is InChI=1S/C16H21ClN2OS/c1-4-14-11(2)21-16(19-14)15(18-9-10-20-3)12-7-5-6-8-13(12)17/h5-8,15,18H,4,9-10H2,1-3H3. The number of hydrogen-bond acceptors (Lipinski definition) is 4. The van der Waals surface area contributed by atoms with Crippen molar-refractivity contribution in [3.05, 3.63) is 50.4 Å². The highest BCUT2D eigenvalue weighted by Gasteiger charge is 2.20. The van der Waals surface area contributed by atoms with Crippen LogP contribution in [-0.2, 0) is 11.2 Å². The summed E-state index contributed by atoms with van der Waals surface area (Å²) < 4.78 is 5.13. The van der Waals surface area contributed by atoms with E-state index in [1.165, 1.54) is 10.6 Å². The molecule has 3 nitrogen and oxygen atoms in total. The Balaban J connectivity index is 2.33. The van der Waals surface area contributed by atoms with Crippen molar-refractivity contribution >= 4 is 22.9 Å². The van der Waals surface area contributed by atoms with Crippen molar-refractivity contribution in [2.75, 3.05) is 20.3 Å². The van der Waals surface area contributed by atoms with Crippen LogP contribution in [0.1, 0.15) is 34.1 Å². The maximum atomic E-state index is 6.37. The van der Waals surface area contributed by atoms with Crippen LogP contribution in [0.4, 0.5) is 0 Å². The van der Waals surface area contributed by atoms with Crippen molar-refractivity contribution in [2.24, 2.45) is 0 Å². The molecule has 114 valence electrons. The van der Waals surface area contributed by atoms with E-state index in [2.05, 4.69) is 25.2 Å². The zero-order valence-corrected chi connectivity index (χ0v) is 14.2. The molecule has 21 heavy (non-hydrogen) atoms. The third kappa shape index (κ3) is 4.04. The molecule has 0 amide bonds. The van der Waals surface area contributed by atoms with Crippen LogP contribution in [0.25, 0.3) is 0 Å². The first-order chi connectivity index (χ1) is 10.2. The maximum Gasteiger partial charge on any atom is 0.115 e. The molecule has 1 N–H and O–H groups in total. The van der Waals surface area contributed by atoms with Gasteiger partial charge in [-0.05, 0) is 25.0 Å². The van der Waals surface area contributed by atoms with Gasteiger partial charge in [-0.25, -0.2) is 4.98 Å². The minimum atomic E-state index is 0.0119. The largest absolute Gasteiger partial charge is 0.383 e. The summed E-state index contributed by atoms with van der Waals surface area (Å²) in [7, 11) is 1.70. The Bertz CT molecular complexity index is 585. The van der Waals surface area contributed by atoms with E-state index in [4.69, 9.17) is 21.3 Å². The van der Waals surface area contributed by atoms with Crippen LogP contribution in [0.15, 0.2) is 24.3 Å². The number of halogens is 1. The first-order valence-corrected chi connectivity index (χ1v) is 8.29. The van der Waals surface area contributed by atoms with E-state index in [0.29, 0.717) is 6.61 Å². The van der Waals surface area contributed by atoms with Crippen molar-refractivity contribution < 1.29 is 4.74 Å². The molecule has 0 saturated carbocycles. The molecule has 1 heterocycles. The number of thiazole rings is 1. The van der Waals surface area contributed by atoms with E-state index in [-0.39, 0.29) is 6.04 Å². The Labute approximate surface area is 135 Å². The lowest BCUT2D eigenvalue weighted by Crippen LogP contribution is -2.26. The highest BCUT2D eigenvalue weighted by Crippen LogP contribution is 2.32. The molecular weight excluding hydrogens is 304 g/mol. The number of aryl methyl sites for hydroxylation is 2. The molecule has 0 aliphatic carbocycles. The number of methoxy groups -OCH3 is 1. The highest BCUT2D eigenvalue weighted by atomic mass is 35.5. The van der Waals surface area contributed by atoms with Gasteiger partial charge in [-0.3, -0.25) is 0 Å². The average molecular weight is 325 g/mol. The molecule has 2 rings (SSSR count). The lowest BCUT2D eigenvalue weighted by molar-refractivity contribution is 0.197. The molecule has 1 aromatic heterocycles. The lowest BCUT2D eigenvalue weighted by Gasteiger charge is -2.18. The topological polar surface area (TPSA) is 34.2 Å². The number of ether oxygens (including phenoxy) is 1. The average Bonchev–Trinajstić information content (AvgIpc) is 2.86. The van der Waals surface area contributed by atoms with Crippen LogP contribution in [-0.4, -0.2) is 25.2 Å². The third-order valence-corrected chi connectivity index (χ3v) is 4.78. The van der Waals surface area contributed by atoms with Gasteiger partial charge in [0.05, 0.1) is 18.3 Å². The number of nitrogens with zero attached hydrogens (tertiary/aromatic N) is 1. The monoisotopic (exact) mass is 324 g/mol. The molecule has 1 atom stereocenters. The second-order valence-corrected chi connectivity index (χ2v) is 6.45. The molecule has 0 radical (unpaired) electrons. The summed E-state index contributed by atoms with van der Waals surface area (Å²) in [5, 5.41) is 5.32. The summed E-state index contributed by atoms with van der Waals surface area (Å²) in [5.74, 6) is 0. The zero-order valence-electron chi connectivity index (χ0n) is 12.6. The maximum absolute atomic E-state index is 6.37. The van der Waals surface area contributed by atoms with Gasteiger partial charge in [0.15, 0.2) is 0 Å². The van der Waals surface area contributed by atoms with Gasteiger partial charge in [0, 0.05) is 23.6 Å². The number of benzene rings is 1. The Hall–Kier alpha value is -0.940. The molecule has 0 bridgehead atoms. The van der Waals surface area contributed by atoms with E-state index in [1.54, 1.807) is 18.4 Å². The van der Waals surface area contributed by atoms with E-state index in [0.717, 1.165) is 28.6 Å². The Morgan fingerprint density at radius 2 is 2.14 bits per heavy atom. The Morgan fingerprint density at radius 1 is 1.38 bits per heavy atom. The summed E-state index contributed by atoms with van der Waals surface area (Å²) in [4.78, 5) is 6.06. The van der Waals surface area contributed by atoms with Gasteiger partial charge in [0.2, 0.25) is 0 Å². The summed E-state index contributed by atoms with van der Waals surface area (Å²) in [6, 6.07) is 7.94.